The quantitative estimate of drug-likeness (QED) is 0.757. The number of carbonyl (C=O) groups is 2. The van der Waals surface area contributed by atoms with Crippen molar-refractivity contribution in [1.29, 1.82) is 0 Å². The first kappa shape index (κ1) is 20.7. The molecule has 1 heterocycles. The summed E-state index contributed by atoms with van der Waals surface area (Å²) in [4.78, 5) is 28.7. The summed E-state index contributed by atoms with van der Waals surface area (Å²) in [7, 11) is 3.17. The van der Waals surface area contributed by atoms with Gasteiger partial charge in [-0.1, -0.05) is 24.4 Å². The summed E-state index contributed by atoms with van der Waals surface area (Å²) in [6, 6.07) is 7.02. The van der Waals surface area contributed by atoms with Crippen LogP contribution in [0.2, 0.25) is 5.02 Å². The van der Waals surface area contributed by atoms with Crippen LogP contribution in [-0.4, -0.2) is 37.4 Å². The Morgan fingerprint density at radius 1 is 1.18 bits per heavy atom. The summed E-state index contributed by atoms with van der Waals surface area (Å²) in [5, 5.41) is 3.26. The topological polar surface area (TPSA) is 58.6 Å². The van der Waals surface area contributed by atoms with Crippen LogP contribution in [0.25, 0.3) is 0 Å². The Bertz CT molecular complexity index is 840. The molecule has 0 aliphatic heterocycles. The van der Waals surface area contributed by atoms with Crippen LogP contribution in [0, 0.1) is 0 Å². The zero-order chi connectivity index (χ0) is 20.1. The Hall–Kier alpha value is -2.05. The minimum absolute atomic E-state index is 0.0446. The number of rotatable bonds is 5. The lowest BCUT2D eigenvalue weighted by Gasteiger charge is -2.17. The van der Waals surface area contributed by atoms with E-state index in [-0.39, 0.29) is 18.4 Å². The Kier molecular flexibility index (Phi) is 6.97. The Balaban J connectivity index is 1.65. The Labute approximate surface area is 174 Å². The number of nitrogens with one attached hydrogen (secondary N) is 1. The molecule has 0 saturated heterocycles. The molecule has 7 heteroatoms. The number of ether oxygens (including phenoxy) is 1. The molecule has 2 aromatic rings. The monoisotopic (exact) mass is 420 g/mol. The average molecular weight is 421 g/mol. The molecule has 1 aliphatic rings. The SMILES string of the molecule is COc1ccc(Cl)cc1NC(=O)CN(C)C(=O)c1cc2c(s1)CCCCCC2. The van der Waals surface area contributed by atoms with E-state index >= 15 is 0 Å². The van der Waals surface area contributed by atoms with Crippen LogP contribution < -0.4 is 10.1 Å². The highest BCUT2D eigenvalue weighted by molar-refractivity contribution is 7.14. The van der Waals surface area contributed by atoms with Crippen molar-refractivity contribution in [2.24, 2.45) is 0 Å². The highest BCUT2D eigenvalue weighted by Gasteiger charge is 2.20. The van der Waals surface area contributed by atoms with Gasteiger partial charge in [-0.3, -0.25) is 9.59 Å². The van der Waals surface area contributed by atoms with Gasteiger partial charge in [-0.05, 0) is 55.5 Å². The number of likely N-dealkylation sites (N-methyl/N-ethyl adjacent to an activating group) is 1. The highest BCUT2D eigenvalue weighted by atomic mass is 35.5. The maximum atomic E-state index is 12.8. The van der Waals surface area contributed by atoms with Crippen LogP contribution >= 0.6 is 22.9 Å². The first-order valence-corrected chi connectivity index (χ1v) is 10.7. The van der Waals surface area contributed by atoms with E-state index in [1.54, 1.807) is 36.6 Å². The summed E-state index contributed by atoms with van der Waals surface area (Å²) in [5.74, 6) is 0.0982. The number of thiophene rings is 1. The summed E-state index contributed by atoms with van der Waals surface area (Å²) in [6.45, 7) is -0.0446. The van der Waals surface area contributed by atoms with E-state index in [9.17, 15) is 9.59 Å². The van der Waals surface area contributed by atoms with E-state index in [0.717, 1.165) is 12.8 Å². The molecule has 0 saturated carbocycles. The molecule has 3 rings (SSSR count). The maximum absolute atomic E-state index is 12.8. The molecule has 1 aromatic carbocycles. The third kappa shape index (κ3) is 5.06. The van der Waals surface area contributed by atoms with E-state index in [1.165, 1.54) is 48.1 Å². The second kappa shape index (κ2) is 9.43. The molecular weight excluding hydrogens is 396 g/mol. The highest BCUT2D eigenvalue weighted by Crippen LogP contribution is 2.30. The van der Waals surface area contributed by atoms with Crippen molar-refractivity contribution in [2.75, 3.05) is 26.0 Å². The molecule has 0 bridgehead atoms. The lowest BCUT2D eigenvalue weighted by atomic mass is 10.00. The van der Waals surface area contributed by atoms with Gasteiger partial charge in [0.15, 0.2) is 0 Å². The van der Waals surface area contributed by atoms with Crippen molar-refractivity contribution < 1.29 is 14.3 Å². The third-order valence-corrected chi connectivity index (χ3v) is 6.33. The second-order valence-electron chi connectivity index (χ2n) is 7.03. The summed E-state index contributed by atoms with van der Waals surface area (Å²) < 4.78 is 5.24. The van der Waals surface area contributed by atoms with Gasteiger partial charge in [-0.2, -0.15) is 0 Å². The molecule has 2 amide bonds. The first-order valence-electron chi connectivity index (χ1n) is 9.48. The molecule has 0 spiro atoms. The zero-order valence-corrected chi connectivity index (χ0v) is 17.8. The summed E-state index contributed by atoms with van der Waals surface area (Å²) in [5.41, 5.74) is 1.79. The number of methoxy groups -OCH3 is 1. The zero-order valence-electron chi connectivity index (χ0n) is 16.2. The lowest BCUT2D eigenvalue weighted by molar-refractivity contribution is -0.116. The molecule has 0 unspecified atom stereocenters. The number of fused-ring (bicyclic) bond motifs is 1. The normalized spacial score (nSPS) is 13.8. The molecule has 0 atom stereocenters. The van der Waals surface area contributed by atoms with E-state index in [0.29, 0.717) is 21.3 Å². The minimum Gasteiger partial charge on any atom is -0.495 e. The van der Waals surface area contributed by atoms with Gasteiger partial charge in [-0.25, -0.2) is 0 Å². The van der Waals surface area contributed by atoms with Gasteiger partial charge in [0.25, 0.3) is 5.91 Å². The van der Waals surface area contributed by atoms with Crippen LogP contribution in [0.3, 0.4) is 0 Å². The molecule has 150 valence electrons. The van der Waals surface area contributed by atoms with E-state index in [1.807, 2.05) is 6.07 Å². The van der Waals surface area contributed by atoms with Gasteiger partial charge < -0.3 is 15.0 Å². The minimum atomic E-state index is -0.300. The van der Waals surface area contributed by atoms with Gasteiger partial charge in [-0.15, -0.1) is 11.3 Å². The van der Waals surface area contributed by atoms with Gasteiger partial charge in [0.05, 0.1) is 24.2 Å². The lowest BCUT2D eigenvalue weighted by Crippen LogP contribution is -2.34. The summed E-state index contributed by atoms with van der Waals surface area (Å²) in [6.07, 6.45) is 6.96. The molecule has 1 N–H and O–H groups in total. The number of carbonyl (C=O) groups excluding carboxylic acids is 2. The number of anilines is 1. The third-order valence-electron chi connectivity index (χ3n) is 4.87. The average Bonchev–Trinajstić information content (AvgIpc) is 3.03. The fraction of sp³-hybridized carbons (Fsp3) is 0.429. The van der Waals surface area contributed by atoms with E-state index < -0.39 is 0 Å². The van der Waals surface area contributed by atoms with Crippen LogP contribution in [0.15, 0.2) is 24.3 Å². The van der Waals surface area contributed by atoms with Crippen molar-refractivity contribution in [3.05, 3.63) is 44.6 Å². The number of nitrogens with zero attached hydrogens (tertiary/aromatic N) is 1. The molecule has 1 aliphatic carbocycles. The number of hydrogen-bond acceptors (Lipinski definition) is 4. The molecule has 0 radical (unpaired) electrons. The fourth-order valence-corrected chi connectivity index (χ4v) is 4.81. The number of halogens is 1. The van der Waals surface area contributed by atoms with Gasteiger partial charge in [0.2, 0.25) is 5.91 Å². The molecule has 5 nitrogen and oxygen atoms in total. The number of hydrogen-bond donors (Lipinski definition) is 1. The predicted octanol–water partition coefficient (Wildman–Crippen LogP) is 4.78. The second-order valence-corrected chi connectivity index (χ2v) is 8.60. The van der Waals surface area contributed by atoms with Crippen LogP contribution in [-0.2, 0) is 17.6 Å². The van der Waals surface area contributed by atoms with Gasteiger partial charge >= 0.3 is 0 Å². The van der Waals surface area contributed by atoms with Crippen LogP contribution in [0.5, 0.6) is 5.75 Å². The number of benzene rings is 1. The van der Waals surface area contributed by atoms with Crippen molar-refractivity contribution >= 4 is 40.4 Å². The molecule has 28 heavy (non-hydrogen) atoms. The standard InChI is InChI=1S/C21H25ClN2O3S/c1-24(13-20(25)23-16-12-15(22)9-10-17(16)27-2)21(26)19-11-14-7-5-3-4-6-8-18(14)28-19/h9-12H,3-8,13H2,1-2H3,(H,23,25). The smallest absolute Gasteiger partial charge is 0.264 e. The van der Waals surface area contributed by atoms with Crippen LogP contribution in [0.1, 0.15) is 45.8 Å². The largest absolute Gasteiger partial charge is 0.495 e. The van der Waals surface area contributed by atoms with E-state index in [2.05, 4.69) is 5.32 Å². The predicted molar refractivity (Wildman–Crippen MR) is 114 cm³/mol. The van der Waals surface area contributed by atoms with Crippen LogP contribution in [0.4, 0.5) is 5.69 Å². The molecule has 0 fully saturated rings. The van der Waals surface area contributed by atoms with Crippen molar-refractivity contribution in [3.8, 4) is 5.75 Å². The summed E-state index contributed by atoms with van der Waals surface area (Å²) >= 11 is 7.57. The fourth-order valence-electron chi connectivity index (χ4n) is 3.39. The first-order chi connectivity index (χ1) is 13.5. The molecular formula is C21H25ClN2O3S. The van der Waals surface area contributed by atoms with Gasteiger partial charge in [0.1, 0.15) is 5.75 Å². The van der Waals surface area contributed by atoms with Crippen molar-refractivity contribution in [2.45, 2.75) is 38.5 Å². The maximum Gasteiger partial charge on any atom is 0.264 e. The van der Waals surface area contributed by atoms with E-state index in [4.69, 9.17) is 16.3 Å². The van der Waals surface area contributed by atoms with Crippen molar-refractivity contribution in [3.63, 3.8) is 0 Å². The Morgan fingerprint density at radius 3 is 2.68 bits per heavy atom. The van der Waals surface area contributed by atoms with Gasteiger partial charge in [0, 0.05) is 16.9 Å². The number of aryl methyl sites for hydroxylation is 2. The van der Waals surface area contributed by atoms with Crippen molar-refractivity contribution in [1.82, 2.24) is 4.90 Å². The molecule has 1 aromatic heterocycles. The Morgan fingerprint density at radius 2 is 1.93 bits per heavy atom. The number of amides is 2.